The first-order valence-electron chi connectivity index (χ1n) is 16.0. The summed E-state index contributed by atoms with van der Waals surface area (Å²) in [5.41, 5.74) is 0. The van der Waals surface area contributed by atoms with Crippen LogP contribution in [0.2, 0.25) is 37.5 Å². The summed E-state index contributed by atoms with van der Waals surface area (Å²) in [6.45, 7) is 1.15. The Balaban J connectivity index is 0.00000208. The van der Waals surface area contributed by atoms with Gasteiger partial charge in [-0.15, -0.1) is 0 Å². The van der Waals surface area contributed by atoms with Crippen LogP contribution in [0.5, 0.6) is 0 Å². The predicted octanol–water partition coefficient (Wildman–Crippen LogP) is 9.01. The molecule has 4 heteroatoms. The molecule has 0 bridgehead atoms. The van der Waals surface area contributed by atoms with Crippen molar-refractivity contribution in [1.82, 2.24) is 0 Å². The Morgan fingerprint density at radius 3 is 1.29 bits per heavy atom. The molecule has 0 saturated carbocycles. The molecule has 42 heavy (non-hydrogen) atoms. The average Bonchev–Trinajstić information content (AvgIpc) is 4.00. The van der Waals surface area contributed by atoms with Crippen molar-refractivity contribution in [2.45, 2.75) is 72.3 Å². The summed E-state index contributed by atoms with van der Waals surface area (Å²) >= 11 is 0. The Hall–Kier alpha value is -1.25. The van der Waals surface area contributed by atoms with Crippen LogP contribution >= 0.6 is 15.8 Å². The van der Waals surface area contributed by atoms with Gasteiger partial charge in [-0.1, -0.05) is 0 Å². The fourth-order valence-corrected chi connectivity index (χ4v) is 137. The van der Waals surface area contributed by atoms with Crippen molar-refractivity contribution >= 4 is 37.1 Å². The second kappa shape index (κ2) is 3.78. The van der Waals surface area contributed by atoms with Gasteiger partial charge >= 0.3 is 237 Å². The first-order valence-corrected chi connectivity index (χ1v) is 24.7. The molecule has 0 nitrogen and oxygen atoms in total. The molecule has 10 heterocycles. The Bertz CT molecular complexity index is 2280. The van der Waals surface area contributed by atoms with Crippen LogP contribution in [0.3, 0.4) is 0 Å². The fourth-order valence-electron chi connectivity index (χ4n) is 24.7. The van der Waals surface area contributed by atoms with Gasteiger partial charge in [0.15, 0.2) is 0 Å². The van der Waals surface area contributed by atoms with E-state index in [1.165, 1.54) is 41.7 Å². The van der Waals surface area contributed by atoms with Crippen molar-refractivity contribution < 1.29 is 23.0 Å². The Morgan fingerprint density at radius 2 is 0.929 bits per heavy atom. The number of rotatable bonds is 8. The molecule has 0 radical (unpaired) electrons. The molecule has 216 valence electrons. The van der Waals surface area contributed by atoms with E-state index in [4.69, 9.17) is 0 Å². The minimum atomic E-state index is -4.25. The first-order chi connectivity index (χ1) is 20.0. The quantitative estimate of drug-likeness (QED) is 0.130. The zero-order valence-electron chi connectivity index (χ0n) is 24.0. The molecule has 10 aliphatic rings. The third-order valence-electron chi connectivity index (χ3n) is 21.4. The average molecular weight is 669 g/mol. The van der Waals surface area contributed by atoms with E-state index in [0.29, 0.717) is 4.05 Å². The van der Waals surface area contributed by atoms with Crippen LogP contribution in [0, 0.1) is 0 Å². The van der Waals surface area contributed by atoms with Crippen molar-refractivity contribution in [1.29, 1.82) is 0 Å². The SMILES string of the molecule is CC[C]12[CH]3[CH]4[C]5(P(c6ccccc6)c6ccccc6)[C]1(CC)[Fe]34251678[CH]2[CH]1[CH]6[C]7(P(c1ccccc1)c1ccccc1)[CH]28.[Ni]. The van der Waals surface area contributed by atoms with Crippen molar-refractivity contribution in [3.63, 3.8) is 0 Å². The maximum absolute atomic E-state index is 4.25. The van der Waals surface area contributed by atoms with Crippen LogP contribution in [0.4, 0.5) is 0 Å². The Morgan fingerprint density at radius 1 is 0.524 bits per heavy atom. The molecule has 9 atom stereocenters. The first kappa shape index (κ1) is 23.1. The number of hydrogen-bond acceptors (Lipinski definition) is 0. The number of hydrogen-bond donors (Lipinski definition) is 0. The smallest absolute Gasteiger partial charge is 0 e. The molecule has 0 aliphatic carbocycles. The van der Waals surface area contributed by atoms with Crippen LogP contribution in [0.15, 0.2) is 121 Å². The second-order valence-corrected chi connectivity index (χ2v) is 45.3. The van der Waals surface area contributed by atoms with Crippen molar-refractivity contribution in [3.05, 3.63) is 121 Å². The van der Waals surface area contributed by atoms with Gasteiger partial charge < -0.3 is 0 Å². The fraction of sp³-hybridized carbons (Fsp3) is 0.368. The zero-order valence-corrected chi connectivity index (χ0v) is 27.9. The van der Waals surface area contributed by atoms with Gasteiger partial charge in [0.05, 0.1) is 0 Å². The topological polar surface area (TPSA) is 0 Å². The summed E-state index contributed by atoms with van der Waals surface area (Å²) in [7, 11) is -0.672. The van der Waals surface area contributed by atoms with Crippen molar-refractivity contribution in [3.8, 4) is 0 Å². The van der Waals surface area contributed by atoms with E-state index in [1.807, 2.05) is 0 Å². The minimum absolute atomic E-state index is 0. The summed E-state index contributed by atoms with van der Waals surface area (Å²) in [4.78, 5) is 7.25. The van der Waals surface area contributed by atoms with Gasteiger partial charge in [0, 0.05) is 16.5 Å². The normalized spacial score (nSPS) is 60.3. The molecule has 14 rings (SSSR count). The van der Waals surface area contributed by atoms with Gasteiger partial charge in [-0.2, -0.15) is 0 Å². The van der Waals surface area contributed by atoms with E-state index < -0.39 is 6.51 Å². The van der Waals surface area contributed by atoms with Crippen LogP contribution in [0.1, 0.15) is 26.7 Å². The van der Waals surface area contributed by atoms with Gasteiger partial charge in [0.2, 0.25) is 0 Å². The summed E-state index contributed by atoms with van der Waals surface area (Å²) in [5, 5.41) is 6.88. The maximum atomic E-state index is 2.71. The zero-order chi connectivity index (χ0) is 26.8. The van der Waals surface area contributed by atoms with E-state index in [9.17, 15) is 0 Å². The van der Waals surface area contributed by atoms with E-state index >= 15 is 0 Å². The van der Waals surface area contributed by atoms with Crippen LogP contribution < -0.4 is 21.2 Å². The molecule has 10 saturated heterocycles. The van der Waals surface area contributed by atoms with Gasteiger partial charge in [0.1, 0.15) is 0 Å². The largest absolute Gasteiger partial charge is 0 e. The van der Waals surface area contributed by atoms with Gasteiger partial charge in [0.25, 0.3) is 0 Å². The third kappa shape index (κ3) is 0.544. The molecule has 10 fully saturated rings. The standard InChI is InChI=1S/C21H22P.C17H14P.Fe.Ni/c1-3-17-15-16-21(20(17)4-2)22(18-11-7-5-8-12-18)19-13-9-6-10-14-19;1-3-9-15(10-4-1)18(17-13-7-8-14-17)16-11-5-2-6-12-16;;/h5-16H,3-4H2,1-2H3;1-14H;;. The van der Waals surface area contributed by atoms with Crippen molar-refractivity contribution in [2.75, 3.05) is 0 Å². The molecular formula is C38H36FeNiP2. The van der Waals surface area contributed by atoms with E-state index in [0.717, 1.165) is 12.7 Å². The van der Waals surface area contributed by atoms with Gasteiger partial charge in [-0.3, -0.25) is 0 Å². The molecule has 0 amide bonds. The second-order valence-electron chi connectivity index (χ2n) is 16.9. The monoisotopic (exact) mass is 668 g/mol. The van der Waals surface area contributed by atoms with Crippen molar-refractivity contribution in [2.24, 2.45) is 0 Å². The molecule has 4 aromatic rings. The third-order valence-corrected chi connectivity index (χ3v) is 80.3. The Labute approximate surface area is 252 Å². The molecule has 4 aromatic carbocycles. The Kier molecular flexibility index (Phi) is 2.08. The number of fused-ring (bicyclic) bond motifs is 10. The van der Waals surface area contributed by atoms with Gasteiger partial charge in [-0.05, 0) is 0 Å². The van der Waals surface area contributed by atoms with Crippen LogP contribution in [-0.4, -0.2) is 8.11 Å². The molecule has 10 aliphatic heterocycles. The van der Waals surface area contributed by atoms with E-state index in [-0.39, 0.29) is 32.3 Å². The minimum Gasteiger partial charge on any atom is 0 e. The molecule has 9 unspecified atom stereocenters. The van der Waals surface area contributed by atoms with E-state index in [2.05, 4.69) is 135 Å². The predicted molar refractivity (Wildman–Crippen MR) is 172 cm³/mol. The van der Waals surface area contributed by atoms with E-state index in [1.54, 1.807) is 21.2 Å². The van der Waals surface area contributed by atoms with Crippen LogP contribution in [-0.2, 0) is 23.0 Å². The molecular weight excluding hydrogens is 633 g/mol. The van der Waals surface area contributed by atoms with Crippen LogP contribution in [0.25, 0.3) is 0 Å². The summed E-state index contributed by atoms with van der Waals surface area (Å²) in [6.07, 6.45) is 3.04. The number of benzene rings is 4. The maximum Gasteiger partial charge on any atom is 0 e. The molecule has 1 spiro atoms. The summed E-state index contributed by atoms with van der Waals surface area (Å²) < 4.78 is 3.02. The summed E-state index contributed by atoms with van der Waals surface area (Å²) in [5.74, 6) is 0. The summed E-state index contributed by atoms with van der Waals surface area (Å²) in [6, 6.07) is 48.4. The van der Waals surface area contributed by atoms with Gasteiger partial charge in [-0.25, -0.2) is 0 Å². The molecule has 0 N–H and O–H groups in total. The molecule has 0 aromatic heterocycles.